The van der Waals surface area contributed by atoms with Gasteiger partial charge in [0.05, 0.1) is 6.61 Å². The van der Waals surface area contributed by atoms with Crippen molar-refractivity contribution in [3.63, 3.8) is 0 Å². The number of aliphatic hydroxyl groups is 1. The van der Waals surface area contributed by atoms with Crippen LogP contribution < -0.4 is 10.6 Å². The maximum absolute atomic E-state index is 12.0. The van der Waals surface area contributed by atoms with E-state index < -0.39 is 6.23 Å². The molecule has 1 amide bonds. The molecule has 174 valence electrons. The number of hydrogen-bond donors (Lipinski definition) is 3. The van der Waals surface area contributed by atoms with Crippen molar-refractivity contribution < 1.29 is 29.0 Å². The summed E-state index contributed by atoms with van der Waals surface area (Å²) < 4.78 is 10.3. The zero-order chi connectivity index (χ0) is 22.5. The molecule has 1 aliphatic heterocycles. The first-order valence-electron chi connectivity index (χ1n) is 11.3. The van der Waals surface area contributed by atoms with Crippen molar-refractivity contribution in [3.05, 3.63) is 24.4 Å². The summed E-state index contributed by atoms with van der Waals surface area (Å²) in [4.78, 5) is 34.7. The molecule has 2 aliphatic rings. The molecule has 1 aliphatic carbocycles. The highest BCUT2D eigenvalue weighted by Gasteiger charge is 2.32. The topological polar surface area (TPSA) is 114 Å². The summed E-state index contributed by atoms with van der Waals surface area (Å²) in [5, 5.41) is 16.2. The van der Waals surface area contributed by atoms with E-state index in [-0.39, 0.29) is 43.7 Å². The van der Waals surface area contributed by atoms with Crippen LogP contribution in [0.5, 0.6) is 0 Å². The van der Waals surface area contributed by atoms with Gasteiger partial charge in [-0.2, -0.15) is 0 Å². The third kappa shape index (κ3) is 9.65. The van der Waals surface area contributed by atoms with E-state index in [0.29, 0.717) is 44.2 Å². The van der Waals surface area contributed by atoms with Crippen molar-refractivity contribution in [3.8, 4) is 0 Å². The van der Waals surface area contributed by atoms with Gasteiger partial charge in [-0.25, -0.2) is 0 Å². The molecule has 0 aromatic heterocycles. The molecule has 31 heavy (non-hydrogen) atoms. The van der Waals surface area contributed by atoms with E-state index in [1.807, 2.05) is 6.20 Å². The Morgan fingerprint density at radius 2 is 1.97 bits per heavy atom. The summed E-state index contributed by atoms with van der Waals surface area (Å²) in [6, 6.07) is 0.476. The minimum Gasteiger partial charge on any atom is -0.463 e. The minimum absolute atomic E-state index is 0.0166. The van der Waals surface area contributed by atoms with Crippen LogP contribution in [0.4, 0.5) is 0 Å². The van der Waals surface area contributed by atoms with Gasteiger partial charge in [-0.15, -0.1) is 0 Å². The quantitative estimate of drug-likeness (QED) is 0.156. The van der Waals surface area contributed by atoms with Gasteiger partial charge < -0.3 is 25.2 Å². The molecule has 1 heterocycles. The third-order valence-electron chi connectivity index (χ3n) is 5.70. The number of hydrogen-bond acceptors (Lipinski definition) is 7. The number of ketones is 1. The van der Waals surface area contributed by atoms with Crippen LogP contribution in [0.15, 0.2) is 24.4 Å². The predicted molar refractivity (Wildman–Crippen MR) is 116 cm³/mol. The van der Waals surface area contributed by atoms with Gasteiger partial charge in [-0.05, 0) is 43.5 Å². The van der Waals surface area contributed by atoms with Crippen LogP contribution in [0.2, 0.25) is 0 Å². The van der Waals surface area contributed by atoms with Gasteiger partial charge in [0, 0.05) is 44.2 Å². The van der Waals surface area contributed by atoms with Gasteiger partial charge in [-0.1, -0.05) is 19.4 Å². The van der Waals surface area contributed by atoms with Crippen LogP contribution >= 0.6 is 0 Å². The highest BCUT2D eigenvalue weighted by Crippen LogP contribution is 2.35. The molecule has 2 rings (SSSR count). The van der Waals surface area contributed by atoms with Gasteiger partial charge in [0.1, 0.15) is 12.8 Å². The molecular weight excluding hydrogens is 400 g/mol. The van der Waals surface area contributed by atoms with E-state index in [9.17, 15) is 19.5 Å². The lowest BCUT2D eigenvalue weighted by atomic mass is 9.81. The first-order chi connectivity index (χ1) is 15.0. The molecule has 8 heteroatoms. The fourth-order valence-corrected chi connectivity index (χ4v) is 4.07. The Morgan fingerprint density at radius 3 is 2.77 bits per heavy atom. The van der Waals surface area contributed by atoms with Gasteiger partial charge in [0.15, 0.2) is 5.78 Å². The van der Waals surface area contributed by atoms with Crippen LogP contribution in [-0.4, -0.2) is 54.9 Å². The lowest BCUT2D eigenvalue weighted by Gasteiger charge is -2.28. The monoisotopic (exact) mass is 436 g/mol. The normalized spacial score (nSPS) is 20.7. The van der Waals surface area contributed by atoms with Gasteiger partial charge >= 0.3 is 5.97 Å². The maximum Gasteiger partial charge on any atom is 0.305 e. The summed E-state index contributed by atoms with van der Waals surface area (Å²) >= 11 is 0. The zero-order valence-corrected chi connectivity index (χ0v) is 18.3. The first kappa shape index (κ1) is 25.1. The van der Waals surface area contributed by atoms with E-state index in [1.54, 1.807) is 0 Å². The number of fused-ring (bicyclic) bond motifs is 1. The van der Waals surface area contributed by atoms with Crippen molar-refractivity contribution >= 4 is 17.7 Å². The second-order valence-electron chi connectivity index (χ2n) is 8.13. The fraction of sp³-hybridized carbons (Fsp3) is 0.696. The van der Waals surface area contributed by atoms with E-state index >= 15 is 0 Å². The molecule has 1 saturated carbocycles. The smallest absolute Gasteiger partial charge is 0.305 e. The van der Waals surface area contributed by atoms with Crippen molar-refractivity contribution in [2.24, 2.45) is 5.92 Å². The molecule has 3 N–H and O–H groups in total. The Labute approximate surface area is 184 Å². The number of esters is 1. The lowest BCUT2D eigenvalue weighted by Crippen LogP contribution is -2.36. The van der Waals surface area contributed by atoms with Crippen molar-refractivity contribution in [2.45, 2.75) is 76.5 Å². The molecule has 0 bridgehead atoms. The van der Waals surface area contributed by atoms with Gasteiger partial charge in [-0.3, -0.25) is 14.4 Å². The highest BCUT2D eigenvalue weighted by atomic mass is 16.6. The molecule has 0 radical (unpaired) electrons. The Morgan fingerprint density at radius 1 is 1.16 bits per heavy atom. The van der Waals surface area contributed by atoms with Crippen molar-refractivity contribution in [1.29, 1.82) is 0 Å². The summed E-state index contributed by atoms with van der Waals surface area (Å²) in [5.74, 6) is -0.209. The third-order valence-corrected chi connectivity index (χ3v) is 5.70. The summed E-state index contributed by atoms with van der Waals surface area (Å²) in [7, 11) is 0. The molecule has 1 fully saturated rings. The Kier molecular flexibility index (Phi) is 11.3. The molecule has 3 unspecified atom stereocenters. The predicted octanol–water partition coefficient (Wildman–Crippen LogP) is 2.12. The van der Waals surface area contributed by atoms with Gasteiger partial charge in [0.2, 0.25) is 5.91 Å². The molecule has 0 aromatic carbocycles. The minimum atomic E-state index is -0.910. The number of aliphatic hydroxyl groups excluding tert-OH is 1. The number of rotatable bonds is 15. The molecule has 0 spiro atoms. The average molecular weight is 437 g/mol. The van der Waals surface area contributed by atoms with Crippen LogP contribution in [0, 0.1) is 5.92 Å². The standard InChI is InChI=1S/C23H36N2O6/c1-2-18(26)7-6-12-30-13-14-31-23(29)11-5-10-21(27)25-22(28)15-17-16-24-20-9-4-3-8-19(17)20/h2,16,19-20,22,24,28H,1,3-15H2,(H,25,27). The van der Waals surface area contributed by atoms with Crippen LogP contribution in [-0.2, 0) is 23.9 Å². The molecular formula is C23H36N2O6. The van der Waals surface area contributed by atoms with Crippen LogP contribution in [0.1, 0.15) is 64.2 Å². The largest absolute Gasteiger partial charge is 0.463 e. The number of carbonyl (C=O) groups excluding carboxylic acids is 3. The summed E-state index contributed by atoms with van der Waals surface area (Å²) in [5.41, 5.74) is 1.18. The summed E-state index contributed by atoms with van der Waals surface area (Å²) in [6.45, 7) is 4.24. The fourth-order valence-electron chi connectivity index (χ4n) is 4.07. The zero-order valence-electron chi connectivity index (χ0n) is 18.3. The van der Waals surface area contributed by atoms with Crippen molar-refractivity contribution in [2.75, 3.05) is 19.8 Å². The van der Waals surface area contributed by atoms with E-state index in [1.165, 1.54) is 24.5 Å². The Hall–Kier alpha value is -2.19. The van der Waals surface area contributed by atoms with E-state index in [4.69, 9.17) is 9.47 Å². The molecule has 0 saturated heterocycles. The second-order valence-corrected chi connectivity index (χ2v) is 8.13. The van der Waals surface area contributed by atoms with E-state index in [0.717, 1.165) is 12.8 Å². The second kappa shape index (κ2) is 14.0. The maximum atomic E-state index is 12.0. The number of amides is 1. The molecule has 3 atom stereocenters. The van der Waals surface area contributed by atoms with Crippen LogP contribution in [0.25, 0.3) is 0 Å². The number of nitrogens with one attached hydrogen (secondary N) is 2. The number of ether oxygens (including phenoxy) is 2. The number of carbonyl (C=O) groups is 3. The molecule has 8 nitrogen and oxygen atoms in total. The number of allylic oxidation sites excluding steroid dienone is 1. The average Bonchev–Trinajstić information content (AvgIpc) is 3.15. The van der Waals surface area contributed by atoms with Gasteiger partial charge in [0.25, 0.3) is 0 Å². The van der Waals surface area contributed by atoms with E-state index in [2.05, 4.69) is 17.2 Å². The Balaban J connectivity index is 1.47. The SMILES string of the molecule is C=CC(=O)CCCOCCOC(=O)CCCC(=O)NC(O)CC1=CNC2CCCCC12. The highest BCUT2D eigenvalue weighted by molar-refractivity contribution is 5.88. The summed E-state index contributed by atoms with van der Waals surface area (Å²) in [6.07, 6.45) is 9.20. The Bertz CT molecular complexity index is 648. The lowest BCUT2D eigenvalue weighted by molar-refractivity contribution is -0.145. The first-order valence-corrected chi connectivity index (χ1v) is 11.3. The van der Waals surface area contributed by atoms with Crippen LogP contribution in [0.3, 0.4) is 0 Å². The van der Waals surface area contributed by atoms with Crippen molar-refractivity contribution in [1.82, 2.24) is 10.6 Å². The molecule has 0 aromatic rings.